The first kappa shape index (κ1) is 23.7. The second kappa shape index (κ2) is 10.1. The minimum atomic E-state index is -3.72. The van der Waals surface area contributed by atoms with Crippen LogP contribution in [0.15, 0.2) is 42.5 Å². The SMILES string of the molecule is CC(NC(=O)CN(c1cc(Cl)cc(Cl)c1)S(C)(=O)=O)c1ccc(N2CCCCC2)cc1. The van der Waals surface area contributed by atoms with Crippen molar-refractivity contribution in [3.63, 3.8) is 0 Å². The number of nitrogens with one attached hydrogen (secondary N) is 1. The molecule has 1 unspecified atom stereocenters. The highest BCUT2D eigenvalue weighted by Crippen LogP contribution is 2.27. The van der Waals surface area contributed by atoms with E-state index in [0.717, 1.165) is 29.2 Å². The second-order valence-corrected chi connectivity index (χ2v) is 10.6. The maximum absolute atomic E-state index is 12.6. The largest absolute Gasteiger partial charge is 0.372 e. The molecule has 0 saturated carbocycles. The highest BCUT2D eigenvalue weighted by Gasteiger charge is 2.23. The van der Waals surface area contributed by atoms with Crippen LogP contribution in [0.4, 0.5) is 11.4 Å². The standard InChI is InChI=1S/C22H27Cl2N3O3S/c1-16(17-6-8-20(9-7-17)26-10-4-3-5-11-26)25-22(28)15-27(31(2,29)30)21-13-18(23)12-19(24)14-21/h6-9,12-14,16H,3-5,10-11,15H2,1-2H3,(H,25,28). The lowest BCUT2D eigenvalue weighted by atomic mass is 10.1. The van der Waals surface area contributed by atoms with Crippen LogP contribution in [0, 0.1) is 0 Å². The van der Waals surface area contributed by atoms with Crippen LogP contribution >= 0.6 is 23.2 Å². The lowest BCUT2D eigenvalue weighted by molar-refractivity contribution is -0.120. The zero-order valence-electron chi connectivity index (χ0n) is 17.6. The summed E-state index contributed by atoms with van der Waals surface area (Å²) in [4.78, 5) is 15.0. The number of sulfonamides is 1. The van der Waals surface area contributed by atoms with Crippen molar-refractivity contribution in [3.8, 4) is 0 Å². The molecule has 168 valence electrons. The molecule has 0 aromatic heterocycles. The summed E-state index contributed by atoms with van der Waals surface area (Å²) in [5.74, 6) is -0.422. The summed E-state index contributed by atoms with van der Waals surface area (Å²) in [6.45, 7) is 3.64. The Kier molecular flexibility index (Phi) is 7.73. The van der Waals surface area contributed by atoms with Crippen molar-refractivity contribution in [2.75, 3.05) is 35.1 Å². The van der Waals surface area contributed by atoms with Crippen molar-refractivity contribution in [3.05, 3.63) is 58.1 Å². The Labute approximate surface area is 194 Å². The highest BCUT2D eigenvalue weighted by atomic mass is 35.5. The van der Waals surface area contributed by atoms with Gasteiger partial charge in [0.1, 0.15) is 6.54 Å². The van der Waals surface area contributed by atoms with E-state index < -0.39 is 15.9 Å². The molecule has 31 heavy (non-hydrogen) atoms. The van der Waals surface area contributed by atoms with Crippen molar-refractivity contribution in [1.82, 2.24) is 5.32 Å². The molecular formula is C22H27Cl2N3O3S. The number of hydrogen-bond acceptors (Lipinski definition) is 4. The molecule has 3 rings (SSSR count). The Bertz CT molecular complexity index is 1000. The number of carbonyl (C=O) groups is 1. The summed E-state index contributed by atoms with van der Waals surface area (Å²) in [5, 5.41) is 3.45. The van der Waals surface area contributed by atoms with E-state index in [1.165, 1.54) is 43.1 Å². The topological polar surface area (TPSA) is 69.7 Å². The number of hydrogen-bond donors (Lipinski definition) is 1. The van der Waals surface area contributed by atoms with Crippen LogP contribution in [0.1, 0.15) is 37.8 Å². The van der Waals surface area contributed by atoms with E-state index >= 15 is 0 Å². The third-order valence-electron chi connectivity index (χ3n) is 5.31. The van der Waals surface area contributed by atoms with E-state index in [9.17, 15) is 13.2 Å². The van der Waals surface area contributed by atoms with E-state index in [2.05, 4.69) is 22.3 Å². The fourth-order valence-corrected chi connectivity index (χ4v) is 5.06. The zero-order chi connectivity index (χ0) is 22.6. The third kappa shape index (κ3) is 6.51. The van der Waals surface area contributed by atoms with Gasteiger partial charge in [-0.05, 0) is 62.1 Å². The molecule has 6 nitrogen and oxygen atoms in total. The van der Waals surface area contributed by atoms with Crippen LogP contribution in [0.5, 0.6) is 0 Å². The van der Waals surface area contributed by atoms with E-state index in [0.29, 0.717) is 10.0 Å². The maximum Gasteiger partial charge on any atom is 0.241 e. The minimum Gasteiger partial charge on any atom is -0.372 e. The molecular weight excluding hydrogens is 457 g/mol. The monoisotopic (exact) mass is 483 g/mol. The number of rotatable bonds is 7. The molecule has 0 spiro atoms. The van der Waals surface area contributed by atoms with Gasteiger partial charge in [-0.3, -0.25) is 9.10 Å². The van der Waals surface area contributed by atoms with Crippen LogP contribution in [0.2, 0.25) is 10.0 Å². The Morgan fingerprint density at radius 1 is 1.06 bits per heavy atom. The molecule has 0 radical (unpaired) electrons. The van der Waals surface area contributed by atoms with Crippen molar-refractivity contribution < 1.29 is 13.2 Å². The van der Waals surface area contributed by atoms with Gasteiger partial charge < -0.3 is 10.2 Å². The molecule has 9 heteroatoms. The van der Waals surface area contributed by atoms with Crippen molar-refractivity contribution in [2.24, 2.45) is 0 Å². The molecule has 1 amide bonds. The summed E-state index contributed by atoms with van der Waals surface area (Å²) in [7, 11) is -3.72. The number of carbonyl (C=O) groups excluding carboxylic acids is 1. The molecule has 1 saturated heterocycles. The maximum atomic E-state index is 12.6. The van der Waals surface area contributed by atoms with E-state index in [4.69, 9.17) is 23.2 Å². The van der Waals surface area contributed by atoms with Crippen LogP contribution in [0.25, 0.3) is 0 Å². The molecule has 1 atom stereocenters. The molecule has 1 fully saturated rings. The van der Waals surface area contributed by atoms with Gasteiger partial charge in [-0.25, -0.2) is 8.42 Å². The van der Waals surface area contributed by atoms with Crippen molar-refractivity contribution in [1.29, 1.82) is 0 Å². The highest BCUT2D eigenvalue weighted by molar-refractivity contribution is 7.92. The summed E-state index contributed by atoms with van der Waals surface area (Å²) < 4.78 is 25.6. The van der Waals surface area contributed by atoms with Crippen molar-refractivity contribution >= 4 is 50.5 Å². The van der Waals surface area contributed by atoms with Gasteiger partial charge in [-0.1, -0.05) is 35.3 Å². The fraction of sp³-hybridized carbons (Fsp3) is 0.409. The van der Waals surface area contributed by atoms with E-state index in [1.54, 1.807) is 0 Å². The van der Waals surface area contributed by atoms with Gasteiger partial charge in [0.05, 0.1) is 18.0 Å². The normalized spacial score (nSPS) is 15.4. The molecule has 0 bridgehead atoms. The van der Waals surface area contributed by atoms with Crippen LogP contribution in [-0.2, 0) is 14.8 Å². The molecule has 1 heterocycles. The number of anilines is 2. The second-order valence-electron chi connectivity index (χ2n) is 7.83. The molecule has 2 aromatic rings. The predicted octanol–water partition coefficient (Wildman–Crippen LogP) is 4.63. The Morgan fingerprint density at radius 2 is 1.65 bits per heavy atom. The molecule has 2 aromatic carbocycles. The number of piperidine rings is 1. The first-order chi connectivity index (χ1) is 14.6. The number of benzene rings is 2. The molecule has 1 N–H and O–H groups in total. The lowest BCUT2D eigenvalue weighted by Gasteiger charge is -2.29. The minimum absolute atomic E-state index is 0.244. The number of nitrogens with zero attached hydrogens (tertiary/aromatic N) is 2. The molecule has 0 aliphatic carbocycles. The summed E-state index contributed by atoms with van der Waals surface area (Å²) in [5.41, 5.74) is 2.38. The van der Waals surface area contributed by atoms with Crippen LogP contribution in [0.3, 0.4) is 0 Å². The van der Waals surface area contributed by atoms with Crippen LogP contribution in [-0.4, -0.2) is 40.2 Å². The number of halogens is 2. The van der Waals surface area contributed by atoms with Gasteiger partial charge in [0, 0.05) is 28.8 Å². The number of amides is 1. The first-order valence-corrected chi connectivity index (χ1v) is 12.8. The van der Waals surface area contributed by atoms with Crippen molar-refractivity contribution in [2.45, 2.75) is 32.2 Å². The first-order valence-electron chi connectivity index (χ1n) is 10.2. The van der Waals surface area contributed by atoms with Crippen LogP contribution < -0.4 is 14.5 Å². The summed E-state index contributed by atoms with van der Waals surface area (Å²) in [6.07, 6.45) is 4.74. The Balaban J connectivity index is 1.67. The van der Waals surface area contributed by atoms with Gasteiger partial charge in [0.2, 0.25) is 15.9 Å². The molecule has 1 aliphatic heterocycles. The van der Waals surface area contributed by atoms with E-state index in [-0.39, 0.29) is 18.3 Å². The average molecular weight is 484 g/mol. The van der Waals surface area contributed by atoms with Gasteiger partial charge >= 0.3 is 0 Å². The smallest absolute Gasteiger partial charge is 0.241 e. The summed E-state index contributed by atoms with van der Waals surface area (Å²) >= 11 is 12.0. The Morgan fingerprint density at radius 3 is 2.19 bits per heavy atom. The fourth-order valence-electron chi connectivity index (χ4n) is 3.71. The van der Waals surface area contributed by atoms with E-state index in [1.807, 2.05) is 19.1 Å². The zero-order valence-corrected chi connectivity index (χ0v) is 20.0. The van der Waals surface area contributed by atoms with Gasteiger partial charge in [0.15, 0.2) is 0 Å². The predicted molar refractivity (Wildman–Crippen MR) is 128 cm³/mol. The average Bonchev–Trinajstić information content (AvgIpc) is 2.71. The molecule has 1 aliphatic rings. The van der Waals surface area contributed by atoms with Gasteiger partial charge in [0.25, 0.3) is 0 Å². The summed E-state index contributed by atoms with van der Waals surface area (Å²) in [6, 6.07) is 12.3. The Hall–Kier alpha value is -1.96. The van der Waals surface area contributed by atoms with Gasteiger partial charge in [-0.15, -0.1) is 0 Å². The third-order valence-corrected chi connectivity index (χ3v) is 6.89. The lowest BCUT2D eigenvalue weighted by Crippen LogP contribution is -2.41. The van der Waals surface area contributed by atoms with Gasteiger partial charge in [-0.2, -0.15) is 0 Å². The quantitative estimate of drug-likeness (QED) is 0.623.